The van der Waals surface area contributed by atoms with Crippen LogP contribution in [0.5, 0.6) is 0 Å². The molecular weight excluding hydrogens is 592 g/mol. The van der Waals surface area contributed by atoms with Crippen LogP contribution in [0, 0.1) is 0 Å². The summed E-state index contributed by atoms with van der Waals surface area (Å²) in [5, 5.41) is 39.2. The number of anilines is 2. The number of nitrogens with zero attached hydrogens (tertiary/aromatic N) is 9. The highest BCUT2D eigenvalue weighted by molar-refractivity contribution is 5.53. The summed E-state index contributed by atoms with van der Waals surface area (Å²) in [6, 6.07) is 25.2. The molecule has 4 aromatic rings. The molecule has 2 aromatic heterocycles. The number of aliphatic hydroxyl groups excluding tert-OH is 2. The van der Waals surface area contributed by atoms with Gasteiger partial charge in [0.15, 0.2) is 0 Å². The molecule has 1 atom stereocenters. The van der Waals surface area contributed by atoms with Gasteiger partial charge in [-0.15, -0.1) is 5.11 Å². The summed E-state index contributed by atoms with van der Waals surface area (Å²) in [6.45, 7) is 6.12. The second kappa shape index (κ2) is 18.8. The highest BCUT2D eigenvalue weighted by Crippen LogP contribution is 2.22. The Labute approximate surface area is 277 Å². The van der Waals surface area contributed by atoms with Crippen molar-refractivity contribution in [3.63, 3.8) is 0 Å². The number of aromatic nitrogens is 2. The lowest BCUT2D eigenvalue weighted by Gasteiger charge is -2.32. The number of quaternary nitrogens is 1. The van der Waals surface area contributed by atoms with E-state index >= 15 is 0 Å². The Kier molecular flexibility index (Phi) is 13.9. The largest absolute Gasteiger partial charge is 0.395 e. The third-order valence-corrected chi connectivity index (χ3v) is 7.34. The molecule has 246 valence electrons. The second-order valence-electron chi connectivity index (χ2n) is 11.0. The van der Waals surface area contributed by atoms with Crippen LogP contribution in [0.3, 0.4) is 0 Å². The maximum atomic E-state index is 9.19. The Bertz CT molecular complexity index is 1560. The van der Waals surface area contributed by atoms with E-state index in [-0.39, 0.29) is 13.2 Å². The Balaban J connectivity index is 0.000000248. The zero-order valence-electron chi connectivity index (χ0n) is 27.5. The van der Waals surface area contributed by atoms with Gasteiger partial charge in [-0.25, -0.2) is 14.6 Å². The molecular formula is C35H46N10O2+2. The summed E-state index contributed by atoms with van der Waals surface area (Å²) in [6.07, 6.45) is 10.9. The Morgan fingerprint density at radius 1 is 0.787 bits per heavy atom. The summed E-state index contributed by atoms with van der Waals surface area (Å²) in [5.41, 5.74) is 4.42. The third-order valence-electron chi connectivity index (χ3n) is 7.34. The maximum absolute atomic E-state index is 9.19. The van der Waals surface area contributed by atoms with Crippen LogP contribution in [0.1, 0.15) is 13.3 Å². The van der Waals surface area contributed by atoms with Crippen LogP contribution in [-0.2, 0) is 6.54 Å². The van der Waals surface area contributed by atoms with E-state index in [0.717, 1.165) is 60.3 Å². The topological polar surface area (TPSA) is 121 Å². The number of rotatable bonds is 15. The van der Waals surface area contributed by atoms with E-state index < -0.39 is 0 Å². The first kappa shape index (κ1) is 34.8. The molecule has 12 heteroatoms. The molecule has 5 rings (SSSR count). The minimum atomic E-state index is 0.0420. The average molecular weight is 639 g/mol. The molecule has 0 spiro atoms. The van der Waals surface area contributed by atoms with E-state index in [2.05, 4.69) is 54.3 Å². The number of azo groups is 2. The monoisotopic (exact) mass is 638 g/mol. The van der Waals surface area contributed by atoms with Crippen molar-refractivity contribution in [1.82, 2.24) is 9.99 Å². The van der Waals surface area contributed by atoms with Crippen LogP contribution in [0.15, 0.2) is 130 Å². The van der Waals surface area contributed by atoms with E-state index in [9.17, 15) is 10.2 Å². The van der Waals surface area contributed by atoms with Gasteiger partial charge < -0.3 is 20.0 Å². The number of hydrogen-bond donors (Lipinski definition) is 3. The molecule has 0 radical (unpaired) electrons. The summed E-state index contributed by atoms with van der Waals surface area (Å²) in [4.78, 5) is 7.95. The molecule has 0 aliphatic carbocycles. The molecule has 1 aliphatic rings. The van der Waals surface area contributed by atoms with E-state index in [1.165, 1.54) is 5.01 Å². The highest BCUT2D eigenvalue weighted by atomic mass is 16.3. The van der Waals surface area contributed by atoms with Crippen LogP contribution >= 0.6 is 0 Å². The van der Waals surface area contributed by atoms with Crippen LogP contribution in [0.4, 0.5) is 34.3 Å². The summed E-state index contributed by atoms with van der Waals surface area (Å²) in [5.74, 6) is 0.810. The van der Waals surface area contributed by atoms with E-state index in [1.54, 1.807) is 12.4 Å². The van der Waals surface area contributed by atoms with Crippen molar-refractivity contribution in [2.24, 2.45) is 20.5 Å². The second-order valence-corrected chi connectivity index (χ2v) is 11.0. The minimum absolute atomic E-state index is 0.0420. The van der Waals surface area contributed by atoms with Gasteiger partial charge in [-0.3, -0.25) is 4.98 Å². The molecule has 47 heavy (non-hydrogen) atoms. The fraction of sp³-hybridized carbons (Fsp3) is 0.314. The van der Waals surface area contributed by atoms with Gasteiger partial charge in [-0.1, -0.05) is 13.0 Å². The third kappa shape index (κ3) is 11.1. The van der Waals surface area contributed by atoms with Gasteiger partial charge in [0.2, 0.25) is 0 Å². The van der Waals surface area contributed by atoms with Crippen LogP contribution in [0.2, 0.25) is 0 Å². The van der Waals surface area contributed by atoms with Gasteiger partial charge in [0, 0.05) is 50.8 Å². The molecule has 2 aromatic carbocycles. The van der Waals surface area contributed by atoms with E-state index in [1.807, 2.05) is 109 Å². The molecule has 12 nitrogen and oxygen atoms in total. The summed E-state index contributed by atoms with van der Waals surface area (Å²) in [7, 11) is 4.01. The maximum Gasteiger partial charge on any atom is 0.350 e. The van der Waals surface area contributed by atoms with Crippen LogP contribution < -0.4 is 19.4 Å². The normalized spacial score (nSPS) is 13.8. The molecule has 0 fully saturated rings. The van der Waals surface area contributed by atoms with Crippen molar-refractivity contribution in [3.05, 3.63) is 110 Å². The average Bonchev–Trinajstić information content (AvgIpc) is 3.10. The quantitative estimate of drug-likeness (QED) is 0.128. The SMILES string of the molecule is CCC[NH+]1C=CN1CC[n+]1ccccc1N=Nc1ccc(N(CCO)CCO)cc1.CN(C)c1ccc(N=Nc2cccnc2)cc1. The van der Waals surface area contributed by atoms with Crippen molar-refractivity contribution in [3.8, 4) is 0 Å². The lowest BCUT2D eigenvalue weighted by Crippen LogP contribution is -3.17. The lowest BCUT2D eigenvalue weighted by atomic mass is 10.2. The van der Waals surface area contributed by atoms with Gasteiger partial charge in [-0.2, -0.15) is 5.11 Å². The van der Waals surface area contributed by atoms with Crippen molar-refractivity contribution >= 4 is 34.3 Å². The number of aliphatic hydroxyl groups is 2. The highest BCUT2D eigenvalue weighted by Gasteiger charge is 2.22. The zero-order chi connectivity index (χ0) is 33.3. The molecule has 0 amide bonds. The number of benzene rings is 2. The predicted molar refractivity (Wildman–Crippen MR) is 185 cm³/mol. The van der Waals surface area contributed by atoms with Crippen molar-refractivity contribution < 1.29 is 19.8 Å². The smallest absolute Gasteiger partial charge is 0.350 e. The Morgan fingerprint density at radius 2 is 1.45 bits per heavy atom. The number of hydrogen-bond acceptors (Lipinski definition) is 10. The Hall–Kier alpha value is -5.04. The summed E-state index contributed by atoms with van der Waals surface area (Å²) < 4.78 is 2.11. The van der Waals surface area contributed by atoms with Crippen LogP contribution in [-0.4, -0.2) is 73.7 Å². The van der Waals surface area contributed by atoms with Gasteiger partial charge in [-0.05, 0) is 78.3 Å². The first-order chi connectivity index (χ1) is 23.0. The molecule has 1 unspecified atom stereocenters. The fourth-order valence-electron chi connectivity index (χ4n) is 4.75. The molecule has 0 saturated carbocycles. The molecule has 1 aliphatic heterocycles. The van der Waals surface area contributed by atoms with Crippen LogP contribution in [0.25, 0.3) is 0 Å². The minimum Gasteiger partial charge on any atom is -0.395 e. The standard InChI is InChI=1S/C22H31N6O2.C13H14N4/c1-2-10-27-14-15-28(27)13-12-26-11-4-3-5-22(26)24-23-20-6-8-21(9-7-20)25(16-18-29)17-19-30;1-17(2)13-7-5-11(6-8-13)15-16-12-4-3-9-14-10-12/h3-9,11,14-15,29-30H,2,10,12-13,16-19H2,1H3;3-10H,1-2H3/q+1;/p+1. The molecule has 0 saturated heterocycles. The lowest BCUT2D eigenvalue weighted by molar-refractivity contribution is -0.987. The van der Waals surface area contributed by atoms with E-state index in [0.29, 0.717) is 13.1 Å². The van der Waals surface area contributed by atoms with Gasteiger partial charge >= 0.3 is 5.82 Å². The Morgan fingerprint density at radius 3 is 2.02 bits per heavy atom. The van der Waals surface area contributed by atoms with Gasteiger partial charge in [0.05, 0.1) is 36.4 Å². The predicted octanol–water partition coefficient (Wildman–Crippen LogP) is 4.74. The first-order valence-electron chi connectivity index (χ1n) is 15.9. The molecule has 3 N–H and O–H groups in total. The van der Waals surface area contributed by atoms with Crippen molar-refractivity contribution in [1.29, 1.82) is 0 Å². The van der Waals surface area contributed by atoms with Crippen molar-refractivity contribution in [2.45, 2.75) is 19.9 Å². The summed E-state index contributed by atoms with van der Waals surface area (Å²) >= 11 is 0. The van der Waals surface area contributed by atoms with E-state index in [4.69, 9.17) is 0 Å². The van der Waals surface area contributed by atoms with Gasteiger partial charge in [0.1, 0.15) is 43.4 Å². The zero-order valence-corrected chi connectivity index (χ0v) is 27.5. The van der Waals surface area contributed by atoms with Gasteiger partial charge in [0.25, 0.3) is 0 Å². The fourth-order valence-corrected chi connectivity index (χ4v) is 4.75. The number of nitrogens with one attached hydrogen (secondary N) is 1. The molecule has 3 heterocycles. The first-order valence-corrected chi connectivity index (χ1v) is 15.9. The van der Waals surface area contributed by atoms with Crippen molar-refractivity contribution in [2.75, 3.05) is 63.3 Å². The number of pyridine rings is 2. The molecule has 0 bridgehead atoms.